The number of hydrogen-bond donors (Lipinski definition) is 1. The Morgan fingerprint density at radius 3 is 2.64 bits per heavy atom. The molecule has 0 radical (unpaired) electrons. The zero-order chi connectivity index (χ0) is 19.9. The van der Waals surface area contributed by atoms with Gasteiger partial charge >= 0.3 is 0 Å². The van der Waals surface area contributed by atoms with Crippen molar-refractivity contribution in [1.82, 2.24) is 9.55 Å². The summed E-state index contributed by atoms with van der Waals surface area (Å²) in [7, 11) is 0. The minimum Gasteiger partial charge on any atom is -0.326 e. The van der Waals surface area contributed by atoms with Gasteiger partial charge < -0.3 is 9.88 Å². The van der Waals surface area contributed by atoms with Gasteiger partial charge in [-0.3, -0.25) is 9.59 Å². The Bertz CT molecular complexity index is 953. The van der Waals surface area contributed by atoms with Gasteiger partial charge in [-0.15, -0.1) is 0 Å². The number of benzene rings is 2. The largest absolute Gasteiger partial charge is 0.326 e. The molecule has 1 atom stereocenters. The number of anilines is 1. The fourth-order valence-electron chi connectivity index (χ4n) is 2.85. The average molecular weight is 394 g/mol. The molecule has 1 unspecified atom stereocenters. The van der Waals surface area contributed by atoms with Crippen molar-refractivity contribution < 1.29 is 9.59 Å². The van der Waals surface area contributed by atoms with Crippen LogP contribution in [-0.4, -0.2) is 21.2 Å². The summed E-state index contributed by atoms with van der Waals surface area (Å²) in [6.07, 6.45) is 4.68. The highest BCUT2D eigenvalue weighted by Crippen LogP contribution is 2.35. The van der Waals surface area contributed by atoms with E-state index in [2.05, 4.69) is 21.8 Å². The van der Waals surface area contributed by atoms with Crippen molar-refractivity contribution in [2.75, 3.05) is 5.32 Å². The number of aromatic nitrogens is 2. The lowest BCUT2D eigenvalue weighted by Crippen LogP contribution is -2.19. The van der Waals surface area contributed by atoms with E-state index in [-0.39, 0.29) is 11.7 Å². The number of carbonyl (C=O) groups is 2. The molecular weight excluding hydrogens is 370 g/mol. The average Bonchev–Trinajstić information content (AvgIpc) is 3.14. The molecule has 0 saturated carbocycles. The summed E-state index contributed by atoms with van der Waals surface area (Å²) in [5, 5.41) is 3.30. The molecule has 28 heavy (non-hydrogen) atoms. The van der Waals surface area contributed by atoms with Crippen molar-refractivity contribution in [2.45, 2.75) is 37.2 Å². The third-order valence-corrected chi connectivity index (χ3v) is 5.51. The molecule has 3 aromatic rings. The number of amides is 1. The standard InChI is InChI=1S/C22H23N3O2S/c1-3-13-25-14-12-23-22(25)28-20(17-8-5-4-6-9-17)21(27)24-19-11-7-10-18(15-19)16(2)26/h4-12,14-15,20H,3,13H2,1-2H3,(H,24,27). The summed E-state index contributed by atoms with van der Waals surface area (Å²) < 4.78 is 2.06. The predicted octanol–water partition coefficient (Wildman–Crippen LogP) is 4.97. The van der Waals surface area contributed by atoms with Crippen molar-refractivity contribution in [2.24, 2.45) is 0 Å². The lowest BCUT2D eigenvalue weighted by Gasteiger charge is -2.17. The van der Waals surface area contributed by atoms with Gasteiger partial charge in [0.15, 0.2) is 10.9 Å². The zero-order valence-electron chi connectivity index (χ0n) is 16.0. The number of aryl methyl sites for hydroxylation is 1. The van der Waals surface area contributed by atoms with E-state index in [4.69, 9.17) is 0 Å². The topological polar surface area (TPSA) is 64.0 Å². The summed E-state index contributed by atoms with van der Waals surface area (Å²) >= 11 is 1.43. The van der Waals surface area contributed by atoms with Crippen LogP contribution in [0.25, 0.3) is 0 Å². The van der Waals surface area contributed by atoms with Crippen molar-refractivity contribution >= 4 is 29.1 Å². The van der Waals surface area contributed by atoms with Crippen LogP contribution in [0, 0.1) is 0 Å². The quantitative estimate of drug-likeness (QED) is 0.434. The maximum absolute atomic E-state index is 13.1. The Kier molecular flexibility index (Phi) is 6.66. The Morgan fingerprint density at radius 2 is 1.93 bits per heavy atom. The van der Waals surface area contributed by atoms with Crippen LogP contribution < -0.4 is 5.32 Å². The molecule has 0 fully saturated rings. The van der Waals surface area contributed by atoms with Gasteiger partial charge in [0.25, 0.3) is 0 Å². The van der Waals surface area contributed by atoms with Crippen molar-refractivity contribution in [3.8, 4) is 0 Å². The molecule has 2 aromatic carbocycles. The van der Waals surface area contributed by atoms with E-state index in [1.165, 1.54) is 18.7 Å². The fraction of sp³-hybridized carbons (Fsp3) is 0.227. The molecule has 1 amide bonds. The van der Waals surface area contributed by atoms with Crippen LogP contribution in [0.4, 0.5) is 5.69 Å². The first-order valence-corrected chi connectivity index (χ1v) is 10.1. The van der Waals surface area contributed by atoms with Gasteiger partial charge in [0.1, 0.15) is 5.25 Å². The summed E-state index contributed by atoms with van der Waals surface area (Å²) in [5.74, 6) is -0.186. The second-order valence-electron chi connectivity index (χ2n) is 6.44. The molecule has 1 aromatic heterocycles. The third kappa shape index (κ3) is 4.89. The van der Waals surface area contributed by atoms with Gasteiger partial charge in [-0.2, -0.15) is 0 Å². The highest BCUT2D eigenvalue weighted by atomic mass is 32.2. The number of imidazole rings is 1. The molecule has 0 aliphatic heterocycles. The number of thioether (sulfide) groups is 1. The Morgan fingerprint density at radius 1 is 1.14 bits per heavy atom. The summed E-state index contributed by atoms with van der Waals surface area (Å²) in [4.78, 5) is 29.2. The van der Waals surface area contributed by atoms with Gasteiger partial charge in [0, 0.05) is 30.2 Å². The van der Waals surface area contributed by atoms with Crippen LogP contribution in [0.1, 0.15) is 41.4 Å². The van der Waals surface area contributed by atoms with Crippen LogP contribution in [0.2, 0.25) is 0 Å². The van der Waals surface area contributed by atoms with Crippen LogP contribution in [0.15, 0.2) is 72.1 Å². The molecule has 5 nitrogen and oxygen atoms in total. The smallest absolute Gasteiger partial charge is 0.242 e. The van der Waals surface area contributed by atoms with E-state index in [0.717, 1.165) is 23.7 Å². The van der Waals surface area contributed by atoms with Gasteiger partial charge in [-0.25, -0.2) is 4.98 Å². The summed E-state index contributed by atoms with van der Waals surface area (Å²) in [5.41, 5.74) is 2.08. The Balaban J connectivity index is 1.86. The van der Waals surface area contributed by atoms with Gasteiger partial charge in [0.2, 0.25) is 5.91 Å². The number of Topliss-reactive ketones (excluding diaryl/α,β-unsaturated/α-hetero) is 1. The van der Waals surface area contributed by atoms with Gasteiger partial charge in [-0.05, 0) is 31.0 Å². The minimum atomic E-state index is -0.458. The van der Waals surface area contributed by atoms with E-state index in [9.17, 15) is 9.59 Å². The van der Waals surface area contributed by atoms with E-state index >= 15 is 0 Å². The molecule has 0 aliphatic rings. The van der Waals surface area contributed by atoms with Crippen LogP contribution >= 0.6 is 11.8 Å². The number of nitrogens with one attached hydrogen (secondary N) is 1. The lowest BCUT2D eigenvalue weighted by molar-refractivity contribution is -0.115. The fourth-order valence-corrected chi connectivity index (χ4v) is 3.93. The van der Waals surface area contributed by atoms with E-state index in [0.29, 0.717) is 11.3 Å². The third-order valence-electron chi connectivity index (χ3n) is 4.24. The first-order chi connectivity index (χ1) is 13.6. The molecule has 0 aliphatic carbocycles. The number of nitrogens with zero attached hydrogens (tertiary/aromatic N) is 2. The number of hydrogen-bond acceptors (Lipinski definition) is 4. The van der Waals surface area contributed by atoms with Crippen molar-refractivity contribution in [3.63, 3.8) is 0 Å². The van der Waals surface area contributed by atoms with Gasteiger partial charge in [0.05, 0.1) is 0 Å². The molecule has 6 heteroatoms. The SMILES string of the molecule is CCCn1ccnc1SC(C(=O)Nc1cccc(C(C)=O)c1)c1ccccc1. The second kappa shape index (κ2) is 9.37. The summed E-state index contributed by atoms with van der Waals surface area (Å²) in [6.45, 7) is 4.47. The highest BCUT2D eigenvalue weighted by molar-refractivity contribution is 8.00. The normalized spacial score (nSPS) is 11.8. The molecule has 1 N–H and O–H groups in total. The second-order valence-corrected chi connectivity index (χ2v) is 7.51. The predicted molar refractivity (Wildman–Crippen MR) is 113 cm³/mol. The maximum atomic E-state index is 13.1. The van der Waals surface area contributed by atoms with Crippen molar-refractivity contribution in [1.29, 1.82) is 0 Å². The molecule has 0 saturated heterocycles. The van der Waals surface area contributed by atoms with Crippen LogP contribution in [-0.2, 0) is 11.3 Å². The molecule has 3 rings (SSSR count). The zero-order valence-corrected chi connectivity index (χ0v) is 16.8. The van der Waals surface area contributed by atoms with E-state index < -0.39 is 5.25 Å². The number of carbonyl (C=O) groups excluding carboxylic acids is 2. The maximum Gasteiger partial charge on any atom is 0.242 e. The number of ketones is 1. The Hall–Kier alpha value is -2.86. The summed E-state index contributed by atoms with van der Waals surface area (Å²) in [6, 6.07) is 16.6. The Labute approximate surface area is 169 Å². The van der Waals surface area contributed by atoms with E-state index in [1.807, 2.05) is 36.5 Å². The molecule has 0 spiro atoms. The van der Waals surface area contributed by atoms with Gasteiger partial charge in [-0.1, -0.05) is 61.2 Å². The molecular formula is C22H23N3O2S. The van der Waals surface area contributed by atoms with Crippen molar-refractivity contribution in [3.05, 3.63) is 78.1 Å². The molecule has 144 valence electrons. The minimum absolute atomic E-state index is 0.0355. The first kappa shape index (κ1) is 19.9. The van der Waals surface area contributed by atoms with E-state index in [1.54, 1.807) is 30.5 Å². The first-order valence-electron chi connectivity index (χ1n) is 9.23. The number of rotatable bonds is 8. The van der Waals surface area contributed by atoms with Crippen LogP contribution in [0.5, 0.6) is 0 Å². The molecule has 1 heterocycles. The van der Waals surface area contributed by atoms with Crippen LogP contribution in [0.3, 0.4) is 0 Å². The monoisotopic (exact) mass is 393 g/mol. The molecule has 0 bridgehead atoms. The highest BCUT2D eigenvalue weighted by Gasteiger charge is 2.24. The lowest BCUT2D eigenvalue weighted by atomic mass is 10.1.